The number of carbonyl (C=O) groups is 2. The lowest BCUT2D eigenvalue weighted by Gasteiger charge is -2.15. The number of rotatable bonds is 7. The molecule has 1 aromatic rings. The summed E-state index contributed by atoms with van der Waals surface area (Å²) in [4.78, 5) is 22.8. The Bertz CT molecular complexity index is 520. The van der Waals surface area contributed by atoms with Crippen molar-refractivity contribution in [2.24, 2.45) is 5.92 Å². The fourth-order valence-corrected chi connectivity index (χ4v) is 2.27. The lowest BCUT2D eigenvalue weighted by Crippen LogP contribution is -2.32. The molecule has 2 atom stereocenters. The van der Waals surface area contributed by atoms with E-state index in [1.807, 2.05) is 6.92 Å². The van der Waals surface area contributed by atoms with Gasteiger partial charge in [-0.15, -0.1) is 0 Å². The Morgan fingerprint density at radius 3 is 2.52 bits per heavy atom. The zero-order valence-corrected chi connectivity index (χ0v) is 13.5. The van der Waals surface area contributed by atoms with E-state index in [4.69, 9.17) is 28.3 Å². The van der Waals surface area contributed by atoms with Crippen molar-refractivity contribution >= 4 is 35.1 Å². The van der Waals surface area contributed by atoms with Crippen molar-refractivity contribution in [3.05, 3.63) is 33.8 Å². The molecule has 2 unspecified atom stereocenters. The lowest BCUT2D eigenvalue weighted by molar-refractivity contribution is -0.141. The molecule has 0 heterocycles. The van der Waals surface area contributed by atoms with Crippen LogP contribution in [0.3, 0.4) is 0 Å². The summed E-state index contributed by atoms with van der Waals surface area (Å²) in [6, 6.07) is 4.67. The van der Waals surface area contributed by atoms with Crippen molar-refractivity contribution in [1.82, 2.24) is 5.32 Å². The van der Waals surface area contributed by atoms with Crippen LogP contribution in [-0.4, -0.2) is 23.0 Å². The number of nitrogens with one attached hydrogen (secondary N) is 1. The van der Waals surface area contributed by atoms with E-state index in [1.54, 1.807) is 19.1 Å². The molecule has 0 fully saturated rings. The Morgan fingerprint density at radius 1 is 1.24 bits per heavy atom. The number of amides is 1. The van der Waals surface area contributed by atoms with Crippen LogP contribution in [0, 0.1) is 5.92 Å². The summed E-state index contributed by atoms with van der Waals surface area (Å²) in [7, 11) is 0. The summed E-state index contributed by atoms with van der Waals surface area (Å²) in [5, 5.41) is 12.4. The minimum Gasteiger partial charge on any atom is -0.481 e. The number of carbonyl (C=O) groups excluding carboxylic acids is 1. The molecule has 2 N–H and O–H groups in total. The van der Waals surface area contributed by atoms with Gasteiger partial charge in [0.1, 0.15) is 0 Å². The molecule has 21 heavy (non-hydrogen) atoms. The number of carboxylic acids is 1. The Morgan fingerprint density at radius 2 is 1.90 bits per heavy atom. The van der Waals surface area contributed by atoms with E-state index in [2.05, 4.69) is 5.32 Å². The summed E-state index contributed by atoms with van der Waals surface area (Å²) in [6.45, 7) is 3.55. The predicted octanol–water partition coefficient (Wildman–Crippen LogP) is 4.00. The Kier molecular flexibility index (Phi) is 6.99. The maximum atomic E-state index is 12.1. The number of benzene rings is 1. The monoisotopic (exact) mass is 331 g/mol. The summed E-state index contributed by atoms with van der Waals surface area (Å²) < 4.78 is 0. The van der Waals surface area contributed by atoms with Crippen LogP contribution < -0.4 is 5.32 Å². The molecule has 0 saturated carbocycles. The van der Waals surface area contributed by atoms with E-state index in [0.29, 0.717) is 28.5 Å². The van der Waals surface area contributed by atoms with Gasteiger partial charge in [-0.25, -0.2) is 0 Å². The first-order valence-corrected chi connectivity index (χ1v) is 7.55. The second-order valence-electron chi connectivity index (χ2n) is 5.17. The van der Waals surface area contributed by atoms with Gasteiger partial charge in [0.25, 0.3) is 5.91 Å². The van der Waals surface area contributed by atoms with Gasteiger partial charge < -0.3 is 10.4 Å². The SMILES string of the molecule is CC(CCCC(C)C(=O)O)NC(=O)c1cc(Cl)ccc1Cl. The van der Waals surface area contributed by atoms with Crippen molar-refractivity contribution in [3.63, 3.8) is 0 Å². The first-order valence-electron chi connectivity index (χ1n) is 6.80. The van der Waals surface area contributed by atoms with E-state index in [9.17, 15) is 9.59 Å². The third-order valence-corrected chi connectivity index (χ3v) is 3.81. The number of halogens is 2. The fraction of sp³-hybridized carbons (Fsp3) is 0.467. The number of carboxylic acid groups (broad SMARTS) is 1. The molecule has 1 aromatic carbocycles. The first-order chi connectivity index (χ1) is 9.81. The average molecular weight is 332 g/mol. The van der Waals surface area contributed by atoms with E-state index in [1.165, 1.54) is 6.07 Å². The normalized spacial score (nSPS) is 13.5. The third-order valence-electron chi connectivity index (χ3n) is 3.25. The summed E-state index contributed by atoms with van der Waals surface area (Å²) >= 11 is 11.8. The van der Waals surface area contributed by atoms with Crippen LogP contribution in [0.15, 0.2) is 18.2 Å². The number of hydrogen-bond acceptors (Lipinski definition) is 2. The molecule has 0 aromatic heterocycles. The molecule has 116 valence electrons. The second-order valence-corrected chi connectivity index (χ2v) is 6.01. The van der Waals surface area contributed by atoms with Crippen molar-refractivity contribution in [2.75, 3.05) is 0 Å². The molecule has 1 rings (SSSR count). The highest BCUT2D eigenvalue weighted by Crippen LogP contribution is 2.20. The standard InChI is InChI=1S/C15H19Cl2NO3/c1-9(15(20)21)4-3-5-10(2)18-14(19)12-8-11(16)6-7-13(12)17/h6-10H,3-5H2,1-2H3,(H,18,19)(H,20,21). The zero-order valence-electron chi connectivity index (χ0n) is 12.0. The molecule has 0 aliphatic carbocycles. The first kappa shape index (κ1) is 17.8. The van der Waals surface area contributed by atoms with E-state index in [0.717, 1.165) is 6.42 Å². The van der Waals surface area contributed by atoms with Gasteiger partial charge in [0.15, 0.2) is 0 Å². The largest absolute Gasteiger partial charge is 0.481 e. The van der Waals surface area contributed by atoms with Gasteiger partial charge >= 0.3 is 5.97 Å². The smallest absolute Gasteiger partial charge is 0.306 e. The van der Waals surface area contributed by atoms with Gasteiger partial charge in [-0.1, -0.05) is 36.5 Å². The van der Waals surface area contributed by atoms with Crippen molar-refractivity contribution in [1.29, 1.82) is 0 Å². The zero-order chi connectivity index (χ0) is 16.0. The van der Waals surface area contributed by atoms with Gasteiger partial charge in [-0.3, -0.25) is 9.59 Å². The molecule has 4 nitrogen and oxygen atoms in total. The van der Waals surface area contributed by atoms with Gasteiger partial charge in [-0.05, 0) is 38.0 Å². The molecule has 0 radical (unpaired) electrons. The molecule has 6 heteroatoms. The summed E-state index contributed by atoms with van der Waals surface area (Å²) in [5.74, 6) is -1.44. The lowest BCUT2D eigenvalue weighted by atomic mass is 10.0. The molecule has 0 aliphatic rings. The Balaban J connectivity index is 2.47. The van der Waals surface area contributed by atoms with Crippen LogP contribution in [0.1, 0.15) is 43.5 Å². The quantitative estimate of drug-likeness (QED) is 0.793. The van der Waals surface area contributed by atoms with Gasteiger partial charge in [0, 0.05) is 11.1 Å². The number of aliphatic carboxylic acids is 1. The highest BCUT2D eigenvalue weighted by molar-refractivity contribution is 6.35. The molecular formula is C15H19Cl2NO3. The van der Waals surface area contributed by atoms with Crippen LogP contribution in [-0.2, 0) is 4.79 Å². The Hall–Kier alpha value is -1.26. The molecular weight excluding hydrogens is 313 g/mol. The molecule has 0 aliphatic heterocycles. The second kappa shape index (κ2) is 8.25. The topological polar surface area (TPSA) is 66.4 Å². The minimum absolute atomic E-state index is 0.0615. The van der Waals surface area contributed by atoms with E-state index < -0.39 is 5.97 Å². The number of hydrogen-bond donors (Lipinski definition) is 2. The summed E-state index contributed by atoms with van der Waals surface area (Å²) in [5.41, 5.74) is 0.343. The molecule has 0 saturated heterocycles. The van der Waals surface area contributed by atoms with Crippen LogP contribution in [0.25, 0.3) is 0 Å². The highest BCUT2D eigenvalue weighted by atomic mass is 35.5. The van der Waals surface area contributed by atoms with Crippen molar-refractivity contribution in [3.8, 4) is 0 Å². The van der Waals surface area contributed by atoms with Crippen LogP contribution in [0.2, 0.25) is 10.0 Å². The van der Waals surface area contributed by atoms with Crippen LogP contribution in [0.4, 0.5) is 0 Å². The van der Waals surface area contributed by atoms with Gasteiger partial charge in [-0.2, -0.15) is 0 Å². The molecule has 0 spiro atoms. The van der Waals surface area contributed by atoms with E-state index >= 15 is 0 Å². The maximum Gasteiger partial charge on any atom is 0.306 e. The van der Waals surface area contributed by atoms with Crippen molar-refractivity contribution in [2.45, 2.75) is 39.2 Å². The maximum absolute atomic E-state index is 12.1. The average Bonchev–Trinajstić information content (AvgIpc) is 2.41. The van der Waals surface area contributed by atoms with Gasteiger partial charge in [0.05, 0.1) is 16.5 Å². The van der Waals surface area contributed by atoms with Crippen molar-refractivity contribution < 1.29 is 14.7 Å². The van der Waals surface area contributed by atoms with Gasteiger partial charge in [0.2, 0.25) is 0 Å². The van der Waals surface area contributed by atoms with Crippen LogP contribution >= 0.6 is 23.2 Å². The molecule has 1 amide bonds. The Labute approximate surface area is 134 Å². The fourth-order valence-electron chi connectivity index (χ4n) is 1.90. The predicted molar refractivity (Wildman–Crippen MR) is 84.0 cm³/mol. The highest BCUT2D eigenvalue weighted by Gasteiger charge is 2.15. The molecule has 0 bridgehead atoms. The summed E-state index contributed by atoms with van der Waals surface area (Å²) in [6.07, 6.45) is 2.03. The van der Waals surface area contributed by atoms with E-state index in [-0.39, 0.29) is 17.9 Å². The minimum atomic E-state index is -0.794. The van der Waals surface area contributed by atoms with Crippen LogP contribution in [0.5, 0.6) is 0 Å². The third kappa shape index (κ3) is 5.94.